The van der Waals surface area contributed by atoms with Crippen LogP contribution in [-0.2, 0) is 4.74 Å². The summed E-state index contributed by atoms with van der Waals surface area (Å²) in [5, 5.41) is 17.0. The number of nitrogen functional groups attached to an aromatic ring is 1. The summed E-state index contributed by atoms with van der Waals surface area (Å²) >= 11 is 0. The van der Waals surface area contributed by atoms with E-state index in [0.717, 1.165) is 29.7 Å². The Morgan fingerprint density at radius 1 is 1.24 bits per heavy atom. The van der Waals surface area contributed by atoms with Crippen LogP contribution in [0, 0.1) is 0 Å². The molecular weight excluding hydrogens is 366 g/mol. The molecule has 2 unspecified atom stereocenters. The Morgan fingerprint density at radius 3 is 2.72 bits per heavy atom. The van der Waals surface area contributed by atoms with E-state index in [9.17, 15) is 5.11 Å². The van der Waals surface area contributed by atoms with Gasteiger partial charge in [0.15, 0.2) is 0 Å². The summed E-state index contributed by atoms with van der Waals surface area (Å²) in [7, 11) is 0. The number of hydrogen-bond donors (Lipinski definition) is 4. The van der Waals surface area contributed by atoms with E-state index in [1.165, 1.54) is 12.8 Å². The normalized spacial score (nSPS) is 28.8. The van der Waals surface area contributed by atoms with E-state index in [0.29, 0.717) is 30.4 Å². The van der Waals surface area contributed by atoms with Crippen molar-refractivity contribution < 1.29 is 9.84 Å². The van der Waals surface area contributed by atoms with Crippen LogP contribution in [-0.4, -0.2) is 46.8 Å². The predicted molar refractivity (Wildman–Crippen MR) is 113 cm³/mol. The molecule has 1 aromatic heterocycles. The van der Waals surface area contributed by atoms with Crippen molar-refractivity contribution in [3.05, 3.63) is 53.7 Å². The minimum absolute atomic E-state index is 0.0437. The van der Waals surface area contributed by atoms with Gasteiger partial charge >= 0.3 is 0 Å². The molecule has 1 spiro atoms. The number of anilines is 2. The van der Waals surface area contributed by atoms with Crippen LogP contribution in [0.1, 0.15) is 42.9 Å². The van der Waals surface area contributed by atoms with Gasteiger partial charge in [-0.2, -0.15) is 0 Å². The molecule has 0 saturated carbocycles. The van der Waals surface area contributed by atoms with Crippen molar-refractivity contribution in [2.24, 2.45) is 4.99 Å². The van der Waals surface area contributed by atoms with E-state index in [1.807, 2.05) is 30.3 Å². The molecule has 5 N–H and O–H groups in total. The number of hydrogen-bond acceptors (Lipinski definition) is 7. The maximum Gasteiger partial charge on any atom is 0.220 e. The van der Waals surface area contributed by atoms with Crippen LogP contribution < -0.4 is 16.4 Å². The van der Waals surface area contributed by atoms with E-state index >= 15 is 0 Å². The summed E-state index contributed by atoms with van der Waals surface area (Å²) in [5.74, 6) is 1.03. The summed E-state index contributed by atoms with van der Waals surface area (Å²) in [6, 6.07) is 12.5. The number of aliphatic imine (C=N–C) groups is 1. The zero-order valence-corrected chi connectivity index (χ0v) is 16.3. The Labute approximate surface area is 170 Å². The predicted octanol–water partition coefficient (Wildman–Crippen LogP) is 2.24. The quantitative estimate of drug-likeness (QED) is 0.621. The number of piperidine rings is 1. The van der Waals surface area contributed by atoms with E-state index in [-0.39, 0.29) is 18.2 Å². The molecule has 0 aliphatic carbocycles. The molecular formula is C22H27N5O2. The molecule has 2 aromatic rings. The first-order valence-corrected chi connectivity index (χ1v) is 10.3. The van der Waals surface area contributed by atoms with Gasteiger partial charge in [0.1, 0.15) is 18.0 Å². The maximum absolute atomic E-state index is 9.95. The smallest absolute Gasteiger partial charge is 0.220 e. The minimum atomic E-state index is -0.262. The van der Waals surface area contributed by atoms with Crippen LogP contribution >= 0.6 is 0 Å². The Morgan fingerprint density at radius 2 is 2.00 bits per heavy atom. The Kier molecular flexibility index (Phi) is 4.64. The Balaban J connectivity index is 1.45. The number of aromatic nitrogens is 1. The van der Waals surface area contributed by atoms with Crippen molar-refractivity contribution >= 4 is 17.4 Å². The standard InChI is InChI=1S/C22H27N5O2/c23-20-8-18(26-19(12-28)14-4-2-1-3-5-14)17(11-24-20)21-27-22(13-29-21)9-15-6-7-16(10-22)25-15/h1-5,8,11,15-16,19,25,28H,6-7,9-10,12-13H2,(H3,23,24,26)/t15?,16?,19-,22?/m1/s1. The lowest BCUT2D eigenvalue weighted by atomic mass is 9.86. The molecule has 0 radical (unpaired) electrons. The minimum Gasteiger partial charge on any atom is -0.475 e. The lowest BCUT2D eigenvalue weighted by Gasteiger charge is -2.34. The molecule has 4 heterocycles. The number of nitrogens with zero attached hydrogens (tertiary/aromatic N) is 2. The van der Waals surface area contributed by atoms with Crippen LogP contribution in [0.25, 0.3) is 0 Å². The first-order valence-electron chi connectivity index (χ1n) is 10.3. The number of aliphatic hydroxyl groups is 1. The van der Waals surface area contributed by atoms with Gasteiger partial charge in [-0.1, -0.05) is 30.3 Å². The van der Waals surface area contributed by atoms with Gasteiger partial charge in [0, 0.05) is 24.3 Å². The average molecular weight is 393 g/mol. The highest BCUT2D eigenvalue weighted by Gasteiger charge is 2.47. The molecule has 2 fully saturated rings. The number of aliphatic hydroxyl groups excluding tert-OH is 1. The SMILES string of the molecule is Nc1cc(N[C@H](CO)c2ccccc2)c(C2=NC3(CO2)CC2CCC(C3)N2)cn1. The van der Waals surface area contributed by atoms with Crippen LogP contribution in [0.5, 0.6) is 0 Å². The molecule has 1 aromatic carbocycles. The number of rotatable bonds is 5. The third kappa shape index (κ3) is 3.56. The highest BCUT2D eigenvalue weighted by molar-refractivity contribution is 6.00. The summed E-state index contributed by atoms with van der Waals surface area (Å²) in [5.41, 5.74) is 8.38. The van der Waals surface area contributed by atoms with Gasteiger partial charge in [0.05, 0.1) is 23.9 Å². The Hall–Kier alpha value is -2.64. The fourth-order valence-corrected chi connectivity index (χ4v) is 4.92. The summed E-state index contributed by atoms with van der Waals surface area (Å²) < 4.78 is 6.10. The van der Waals surface area contributed by atoms with Crippen molar-refractivity contribution in [3.63, 3.8) is 0 Å². The van der Waals surface area contributed by atoms with Gasteiger partial charge in [0.2, 0.25) is 5.90 Å². The van der Waals surface area contributed by atoms with E-state index in [4.69, 9.17) is 15.5 Å². The fourth-order valence-electron chi connectivity index (χ4n) is 4.92. The monoisotopic (exact) mass is 393 g/mol. The highest BCUT2D eigenvalue weighted by atomic mass is 16.5. The summed E-state index contributed by atoms with van der Waals surface area (Å²) in [4.78, 5) is 9.33. The van der Waals surface area contributed by atoms with Crippen molar-refractivity contribution in [1.29, 1.82) is 0 Å². The highest BCUT2D eigenvalue weighted by Crippen LogP contribution is 2.40. The zero-order valence-electron chi connectivity index (χ0n) is 16.3. The molecule has 3 atom stereocenters. The molecule has 7 nitrogen and oxygen atoms in total. The number of pyridine rings is 1. The van der Waals surface area contributed by atoms with Gasteiger partial charge in [-0.25, -0.2) is 9.98 Å². The third-order valence-corrected chi connectivity index (χ3v) is 6.27. The summed E-state index contributed by atoms with van der Waals surface area (Å²) in [6.45, 7) is 0.570. The van der Waals surface area contributed by atoms with Crippen molar-refractivity contribution in [2.75, 3.05) is 24.3 Å². The number of nitrogens with one attached hydrogen (secondary N) is 2. The number of benzene rings is 1. The largest absolute Gasteiger partial charge is 0.475 e. The zero-order chi connectivity index (χ0) is 19.8. The molecule has 3 aliphatic heterocycles. The molecule has 2 saturated heterocycles. The van der Waals surface area contributed by atoms with Crippen molar-refractivity contribution in [1.82, 2.24) is 10.3 Å². The van der Waals surface area contributed by atoms with E-state index in [2.05, 4.69) is 15.6 Å². The first kappa shape index (κ1) is 18.4. The van der Waals surface area contributed by atoms with Gasteiger partial charge in [-0.3, -0.25) is 0 Å². The molecule has 3 aliphatic rings. The maximum atomic E-state index is 9.95. The van der Waals surface area contributed by atoms with Crippen LogP contribution in [0.15, 0.2) is 47.6 Å². The summed E-state index contributed by atoms with van der Waals surface area (Å²) in [6.07, 6.45) is 6.19. The molecule has 5 rings (SSSR count). The van der Waals surface area contributed by atoms with Gasteiger partial charge in [-0.15, -0.1) is 0 Å². The second kappa shape index (κ2) is 7.31. The molecule has 7 heteroatoms. The fraction of sp³-hybridized carbons (Fsp3) is 0.455. The van der Waals surface area contributed by atoms with Gasteiger partial charge in [0.25, 0.3) is 0 Å². The molecule has 2 bridgehead atoms. The van der Waals surface area contributed by atoms with Crippen molar-refractivity contribution in [3.8, 4) is 0 Å². The first-order chi connectivity index (χ1) is 14.1. The second-order valence-electron chi connectivity index (χ2n) is 8.42. The molecule has 29 heavy (non-hydrogen) atoms. The van der Waals surface area contributed by atoms with Gasteiger partial charge in [-0.05, 0) is 31.2 Å². The number of ether oxygens (including phenoxy) is 1. The lowest BCUT2D eigenvalue weighted by Crippen LogP contribution is -2.48. The van der Waals surface area contributed by atoms with E-state index < -0.39 is 0 Å². The second-order valence-corrected chi connectivity index (χ2v) is 8.42. The number of nitrogens with two attached hydrogens (primary N) is 1. The topological polar surface area (TPSA) is 105 Å². The van der Waals surface area contributed by atoms with Gasteiger partial charge < -0.3 is 26.2 Å². The van der Waals surface area contributed by atoms with Crippen LogP contribution in [0.3, 0.4) is 0 Å². The average Bonchev–Trinajstić information content (AvgIpc) is 3.29. The van der Waals surface area contributed by atoms with Crippen LogP contribution in [0.2, 0.25) is 0 Å². The molecule has 152 valence electrons. The Bertz CT molecular complexity index is 905. The van der Waals surface area contributed by atoms with Crippen molar-refractivity contribution in [2.45, 2.75) is 49.3 Å². The van der Waals surface area contributed by atoms with Crippen LogP contribution in [0.4, 0.5) is 11.5 Å². The van der Waals surface area contributed by atoms with E-state index in [1.54, 1.807) is 12.3 Å². The third-order valence-electron chi connectivity index (χ3n) is 6.27. The molecule has 0 amide bonds. The number of fused-ring (bicyclic) bond motifs is 2. The lowest BCUT2D eigenvalue weighted by molar-refractivity contribution is 0.187.